The number of carbonyl (C=O) groups excluding carboxylic acids is 1. The summed E-state index contributed by atoms with van der Waals surface area (Å²) in [6, 6.07) is 14.2. The molecule has 0 fully saturated rings. The summed E-state index contributed by atoms with van der Waals surface area (Å²) in [4.78, 5) is 12.3. The standard InChI is InChI=1S/C19H22ClNO3/c1-13(2)12-23-18-6-4-5-16(11-18)21-19(22)14(3)24-17-9-7-15(20)8-10-17/h4-11,13-14H,12H2,1-3H3,(H,21,22). The molecule has 2 rings (SSSR count). The molecule has 24 heavy (non-hydrogen) atoms. The lowest BCUT2D eigenvalue weighted by Gasteiger charge is -2.15. The normalized spacial score (nSPS) is 11.9. The van der Waals surface area contributed by atoms with Crippen molar-refractivity contribution in [3.8, 4) is 11.5 Å². The van der Waals surface area contributed by atoms with E-state index >= 15 is 0 Å². The van der Waals surface area contributed by atoms with Gasteiger partial charge in [0.25, 0.3) is 5.91 Å². The summed E-state index contributed by atoms with van der Waals surface area (Å²) in [5.74, 6) is 1.53. The maximum absolute atomic E-state index is 12.3. The van der Waals surface area contributed by atoms with Gasteiger partial charge in [-0.05, 0) is 49.2 Å². The Bertz CT molecular complexity index is 671. The summed E-state index contributed by atoms with van der Waals surface area (Å²) in [6.07, 6.45) is -0.633. The van der Waals surface area contributed by atoms with Crippen molar-refractivity contribution in [3.05, 3.63) is 53.6 Å². The predicted octanol–water partition coefficient (Wildman–Crippen LogP) is 4.78. The maximum atomic E-state index is 12.3. The van der Waals surface area contributed by atoms with Crippen LogP contribution in [0.2, 0.25) is 5.02 Å². The van der Waals surface area contributed by atoms with E-state index in [0.717, 1.165) is 5.75 Å². The Hall–Kier alpha value is -2.20. The van der Waals surface area contributed by atoms with Gasteiger partial charge in [0, 0.05) is 16.8 Å². The third-order valence-electron chi connectivity index (χ3n) is 3.18. The third kappa shape index (κ3) is 5.78. The summed E-state index contributed by atoms with van der Waals surface area (Å²) < 4.78 is 11.3. The van der Waals surface area contributed by atoms with Crippen LogP contribution in [0.4, 0.5) is 5.69 Å². The largest absolute Gasteiger partial charge is 0.493 e. The first-order valence-electron chi connectivity index (χ1n) is 7.90. The molecule has 0 heterocycles. The number of halogens is 1. The van der Waals surface area contributed by atoms with Crippen LogP contribution in [0.25, 0.3) is 0 Å². The number of anilines is 1. The molecular formula is C19H22ClNO3. The molecule has 4 nitrogen and oxygen atoms in total. The number of rotatable bonds is 7. The molecule has 0 aliphatic carbocycles. The van der Waals surface area contributed by atoms with E-state index in [4.69, 9.17) is 21.1 Å². The van der Waals surface area contributed by atoms with Crippen molar-refractivity contribution in [2.75, 3.05) is 11.9 Å². The highest BCUT2D eigenvalue weighted by Crippen LogP contribution is 2.20. The van der Waals surface area contributed by atoms with E-state index in [-0.39, 0.29) is 5.91 Å². The summed E-state index contributed by atoms with van der Waals surface area (Å²) in [5.41, 5.74) is 0.674. The second-order valence-corrected chi connectivity index (χ2v) is 6.37. The van der Waals surface area contributed by atoms with Gasteiger partial charge in [0.2, 0.25) is 0 Å². The highest BCUT2D eigenvalue weighted by atomic mass is 35.5. The highest BCUT2D eigenvalue weighted by molar-refractivity contribution is 6.30. The van der Waals surface area contributed by atoms with Crippen LogP contribution >= 0.6 is 11.6 Å². The fourth-order valence-electron chi connectivity index (χ4n) is 1.94. The lowest BCUT2D eigenvalue weighted by Crippen LogP contribution is -2.30. The zero-order chi connectivity index (χ0) is 17.5. The van der Waals surface area contributed by atoms with E-state index in [1.807, 2.05) is 18.2 Å². The number of amides is 1. The molecule has 1 N–H and O–H groups in total. The molecule has 5 heteroatoms. The Kier molecular flexibility index (Phi) is 6.50. The Morgan fingerprint density at radius 3 is 2.46 bits per heavy atom. The molecule has 2 aromatic carbocycles. The Labute approximate surface area is 147 Å². The molecule has 0 saturated carbocycles. The number of hydrogen-bond acceptors (Lipinski definition) is 3. The van der Waals surface area contributed by atoms with Crippen LogP contribution in [-0.4, -0.2) is 18.6 Å². The number of carbonyl (C=O) groups is 1. The lowest BCUT2D eigenvalue weighted by molar-refractivity contribution is -0.122. The van der Waals surface area contributed by atoms with Crippen LogP contribution in [0.1, 0.15) is 20.8 Å². The average Bonchev–Trinajstić information content (AvgIpc) is 2.55. The highest BCUT2D eigenvalue weighted by Gasteiger charge is 2.15. The van der Waals surface area contributed by atoms with Gasteiger partial charge < -0.3 is 14.8 Å². The fourth-order valence-corrected chi connectivity index (χ4v) is 2.07. The molecule has 0 aliphatic heterocycles. The van der Waals surface area contributed by atoms with Gasteiger partial charge >= 0.3 is 0 Å². The topological polar surface area (TPSA) is 47.6 Å². The Balaban J connectivity index is 1.93. The van der Waals surface area contributed by atoms with Gasteiger partial charge in [-0.25, -0.2) is 0 Å². The van der Waals surface area contributed by atoms with Crippen molar-refractivity contribution in [2.24, 2.45) is 5.92 Å². The third-order valence-corrected chi connectivity index (χ3v) is 3.43. The van der Waals surface area contributed by atoms with Gasteiger partial charge in [0.15, 0.2) is 6.10 Å². The van der Waals surface area contributed by atoms with Gasteiger partial charge in [-0.2, -0.15) is 0 Å². The molecule has 1 unspecified atom stereocenters. The van der Waals surface area contributed by atoms with Gasteiger partial charge in [0.05, 0.1) is 6.61 Å². The zero-order valence-corrected chi connectivity index (χ0v) is 14.8. The van der Waals surface area contributed by atoms with Gasteiger partial charge in [0.1, 0.15) is 11.5 Å². The van der Waals surface area contributed by atoms with Crippen LogP contribution in [0.15, 0.2) is 48.5 Å². The fraction of sp³-hybridized carbons (Fsp3) is 0.316. The molecule has 1 amide bonds. The first kappa shape index (κ1) is 18.1. The first-order valence-corrected chi connectivity index (χ1v) is 8.28. The van der Waals surface area contributed by atoms with Crippen molar-refractivity contribution >= 4 is 23.2 Å². The van der Waals surface area contributed by atoms with Crippen LogP contribution in [0.3, 0.4) is 0 Å². The average molecular weight is 348 g/mol. The van der Waals surface area contributed by atoms with Gasteiger partial charge in [-0.15, -0.1) is 0 Å². The first-order chi connectivity index (χ1) is 11.4. The molecule has 0 aromatic heterocycles. The minimum atomic E-state index is -0.633. The second-order valence-electron chi connectivity index (χ2n) is 5.94. The lowest BCUT2D eigenvalue weighted by atomic mass is 10.2. The van der Waals surface area contributed by atoms with E-state index in [1.165, 1.54) is 0 Å². The minimum Gasteiger partial charge on any atom is -0.493 e. The van der Waals surface area contributed by atoms with Crippen LogP contribution < -0.4 is 14.8 Å². The quantitative estimate of drug-likeness (QED) is 0.784. The van der Waals surface area contributed by atoms with E-state index < -0.39 is 6.10 Å². The molecule has 0 spiro atoms. The van der Waals surface area contributed by atoms with Gasteiger partial charge in [-0.3, -0.25) is 4.79 Å². The van der Waals surface area contributed by atoms with Crippen molar-refractivity contribution in [1.82, 2.24) is 0 Å². The van der Waals surface area contributed by atoms with Crippen molar-refractivity contribution in [3.63, 3.8) is 0 Å². The molecule has 0 radical (unpaired) electrons. The Morgan fingerprint density at radius 2 is 1.79 bits per heavy atom. The molecule has 0 saturated heterocycles. The molecule has 0 aliphatic rings. The summed E-state index contributed by atoms with van der Waals surface area (Å²) in [7, 11) is 0. The molecule has 128 valence electrons. The van der Waals surface area contributed by atoms with Crippen LogP contribution in [0.5, 0.6) is 11.5 Å². The predicted molar refractivity (Wildman–Crippen MR) is 96.9 cm³/mol. The van der Waals surface area contributed by atoms with Crippen molar-refractivity contribution < 1.29 is 14.3 Å². The zero-order valence-electron chi connectivity index (χ0n) is 14.1. The molecule has 0 bridgehead atoms. The summed E-state index contributed by atoms with van der Waals surface area (Å²) >= 11 is 5.83. The van der Waals surface area contributed by atoms with Gasteiger partial charge in [-0.1, -0.05) is 31.5 Å². The smallest absolute Gasteiger partial charge is 0.265 e. The van der Waals surface area contributed by atoms with Crippen molar-refractivity contribution in [1.29, 1.82) is 0 Å². The summed E-state index contributed by atoms with van der Waals surface area (Å²) in [5, 5.41) is 3.45. The van der Waals surface area contributed by atoms with E-state index in [0.29, 0.717) is 29.0 Å². The number of ether oxygens (including phenoxy) is 2. The number of benzene rings is 2. The maximum Gasteiger partial charge on any atom is 0.265 e. The minimum absolute atomic E-state index is 0.231. The number of hydrogen-bond donors (Lipinski definition) is 1. The van der Waals surface area contributed by atoms with Crippen LogP contribution in [0, 0.1) is 5.92 Å². The van der Waals surface area contributed by atoms with Crippen molar-refractivity contribution in [2.45, 2.75) is 26.9 Å². The number of nitrogens with one attached hydrogen (secondary N) is 1. The molecule has 2 aromatic rings. The SMILES string of the molecule is CC(C)COc1cccc(NC(=O)C(C)Oc2ccc(Cl)cc2)c1. The molecule has 1 atom stereocenters. The molecular weight excluding hydrogens is 326 g/mol. The van der Waals surface area contributed by atoms with E-state index in [2.05, 4.69) is 19.2 Å². The Morgan fingerprint density at radius 1 is 1.08 bits per heavy atom. The van der Waals surface area contributed by atoms with E-state index in [1.54, 1.807) is 37.3 Å². The summed E-state index contributed by atoms with van der Waals surface area (Å²) in [6.45, 7) is 6.50. The monoisotopic (exact) mass is 347 g/mol. The van der Waals surface area contributed by atoms with E-state index in [9.17, 15) is 4.79 Å². The van der Waals surface area contributed by atoms with Crippen LogP contribution in [-0.2, 0) is 4.79 Å². The second kappa shape index (κ2) is 8.60.